The zero-order valence-electron chi connectivity index (χ0n) is 13.0. The highest BCUT2D eigenvalue weighted by atomic mass is 16.5. The molecule has 0 saturated carbocycles. The molecule has 1 aliphatic rings. The maximum atomic E-state index is 12.7. The molecule has 8 heteroatoms. The molecule has 1 aromatic heterocycles. The Bertz CT molecular complexity index is 725. The van der Waals surface area contributed by atoms with Gasteiger partial charge in [-0.3, -0.25) is 4.90 Å². The van der Waals surface area contributed by atoms with E-state index in [1.165, 1.54) is 11.8 Å². The molecule has 1 saturated heterocycles. The number of hydrogen-bond acceptors (Lipinski definition) is 6. The quantitative estimate of drug-likeness (QED) is 0.836. The van der Waals surface area contributed by atoms with Gasteiger partial charge >= 0.3 is 6.03 Å². The summed E-state index contributed by atoms with van der Waals surface area (Å²) in [7, 11) is 3.08. The fraction of sp³-hybridized carbons (Fsp3) is 0.500. The predicted molar refractivity (Wildman–Crippen MR) is 78.2 cm³/mol. The summed E-state index contributed by atoms with van der Waals surface area (Å²) in [6.07, 6.45) is 0. The Hall–Kier alpha value is -2.35. The lowest BCUT2D eigenvalue weighted by Gasteiger charge is -2.28. The van der Waals surface area contributed by atoms with E-state index in [1.54, 1.807) is 24.1 Å². The van der Waals surface area contributed by atoms with Gasteiger partial charge in [-0.2, -0.15) is 4.68 Å². The van der Waals surface area contributed by atoms with Crippen molar-refractivity contribution in [2.45, 2.75) is 19.4 Å². The van der Waals surface area contributed by atoms with Crippen LogP contribution in [0.5, 0.6) is 11.5 Å². The number of nitrogens with zero attached hydrogens (tertiary/aromatic N) is 4. The normalized spacial score (nSPS) is 17.0. The largest absolute Gasteiger partial charge is 0.493 e. The molecule has 118 valence electrons. The van der Waals surface area contributed by atoms with Crippen molar-refractivity contribution in [1.29, 1.82) is 0 Å². The summed E-state index contributed by atoms with van der Waals surface area (Å²) < 4.78 is 17.1. The van der Waals surface area contributed by atoms with Crippen molar-refractivity contribution in [2.75, 3.05) is 27.6 Å². The first kappa shape index (κ1) is 14.6. The van der Waals surface area contributed by atoms with Gasteiger partial charge in [-0.25, -0.2) is 4.79 Å². The third-order valence-electron chi connectivity index (χ3n) is 3.77. The van der Waals surface area contributed by atoms with Crippen molar-refractivity contribution in [3.8, 4) is 11.5 Å². The summed E-state index contributed by atoms with van der Waals surface area (Å²) in [6.45, 7) is 4.62. The first-order chi connectivity index (χ1) is 10.5. The number of carbonyl (C=O) groups excluding carboxylic acids is 1. The molecular weight excluding hydrogens is 288 g/mol. The molecule has 0 radical (unpaired) electrons. The fourth-order valence-corrected chi connectivity index (χ4v) is 2.46. The number of aromatic nitrogens is 3. The van der Waals surface area contributed by atoms with E-state index in [0.29, 0.717) is 29.1 Å². The molecule has 0 spiro atoms. The number of benzene rings is 1. The first-order valence-electron chi connectivity index (χ1n) is 6.85. The molecule has 1 aromatic carbocycles. The van der Waals surface area contributed by atoms with Crippen molar-refractivity contribution in [3.05, 3.63) is 12.1 Å². The number of carbonyl (C=O) groups is 1. The highest BCUT2D eigenvalue weighted by Gasteiger charge is 2.38. The maximum Gasteiger partial charge on any atom is 0.349 e. The predicted octanol–water partition coefficient (Wildman–Crippen LogP) is 1.48. The van der Waals surface area contributed by atoms with Crippen LogP contribution in [0.4, 0.5) is 4.79 Å². The topological polar surface area (TPSA) is 78.7 Å². The Morgan fingerprint density at radius 3 is 2.55 bits per heavy atom. The molecular formula is C14H18N4O4. The molecule has 0 bridgehead atoms. The van der Waals surface area contributed by atoms with E-state index in [2.05, 4.69) is 10.3 Å². The number of ether oxygens (including phenoxy) is 3. The molecule has 1 fully saturated rings. The molecule has 2 heterocycles. The minimum Gasteiger partial charge on any atom is -0.493 e. The second kappa shape index (κ2) is 5.13. The van der Waals surface area contributed by atoms with Gasteiger partial charge in [-0.05, 0) is 13.8 Å². The third kappa shape index (κ3) is 2.16. The number of amides is 1. The van der Waals surface area contributed by atoms with Crippen molar-refractivity contribution < 1.29 is 19.0 Å². The van der Waals surface area contributed by atoms with Gasteiger partial charge in [0.05, 0.1) is 26.4 Å². The van der Waals surface area contributed by atoms with E-state index in [9.17, 15) is 4.79 Å². The number of rotatable bonds is 2. The summed E-state index contributed by atoms with van der Waals surface area (Å²) >= 11 is 0. The van der Waals surface area contributed by atoms with Crippen molar-refractivity contribution in [1.82, 2.24) is 19.9 Å². The maximum absolute atomic E-state index is 12.7. The molecule has 1 amide bonds. The second-order valence-corrected chi connectivity index (χ2v) is 5.70. The average molecular weight is 306 g/mol. The van der Waals surface area contributed by atoms with Crippen LogP contribution < -0.4 is 9.47 Å². The Labute approximate surface area is 127 Å². The lowest BCUT2D eigenvalue weighted by molar-refractivity contribution is 0.138. The molecule has 0 N–H and O–H groups in total. The second-order valence-electron chi connectivity index (χ2n) is 5.70. The lowest BCUT2D eigenvalue weighted by atomic mass is 10.1. The Balaban J connectivity index is 2.06. The molecule has 2 aromatic rings. The molecule has 8 nitrogen and oxygen atoms in total. The molecule has 3 rings (SSSR count). The van der Waals surface area contributed by atoms with Crippen LogP contribution in [-0.4, -0.2) is 59.0 Å². The van der Waals surface area contributed by atoms with Crippen molar-refractivity contribution in [3.63, 3.8) is 0 Å². The number of methoxy groups -OCH3 is 2. The molecule has 0 unspecified atom stereocenters. The van der Waals surface area contributed by atoms with Gasteiger partial charge in [0.15, 0.2) is 11.5 Å². The number of hydrogen-bond donors (Lipinski definition) is 0. The Morgan fingerprint density at radius 1 is 1.27 bits per heavy atom. The van der Waals surface area contributed by atoms with Gasteiger partial charge in [-0.1, -0.05) is 5.21 Å². The minimum atomic E-state index is -0.383. The van der Waals surface area contributed by atoms with Crippen LogP contribution in [0, 0.1) is 0 Å². The van der Waals surface area contributed by atoms with Gasteiger partial charge < -0.3 is 14.2 Å². The van der Waals surface area contributed by atoms with E-state index in [-0.39, 0.29) is 18.3 Å². The minimum absolute atomic E-state index is 0.237. The van der Waals surface area contributed by atoms with Gasteiger partial charge in [0.1, 0.15) is 17.8 Å². The SMILES string of the molecule is COc1cc2nnn(C(=O)N3COCC3(C)C)c2cc1OC. The average Bonchev–Trinajstić information content (AvgIpc) is 3.07. The number of fused-ring (bicyclic) bond motifs is 1. The summed E-state index contributed by atoms with van der Waals surface area (Å²) in [6, 6.07) is 3.10. The fourth-order valence-electron chi connectivity index (χ4n) is 2.46. The van der Waals surface area contributed by atoms with E-state index >= 15 is 0 Å². The molecule has 0 aliphatic carbocycles. The van der Waals surface area contributed by atoms with E-state index in [4.69, 9.17) is 14.2 Å². The third-order valence-corrected chi connectivity index (χ3v) is 3.77. The van der Waals surface area contributed by atoms with Gasteiger partial charge in [0.2, 0.25) is 0 Å². The first-order valence-corrected chi connectivity index (χ1v) is 6.85. The monoisotopic (exact) mass is 306 g/mol. The van der Waals surface area contributed by atoms with Crippen LogP contribution in [0.1, 0.15) is 13.8 Å². The summed E-state index contributed by atoms with van der Waals surface area (Å²) in [5.74, 6) is 1.06. The highest BCUT2D eigenvalue weighted by molar-refractivity contribution is 5.89. The smallest absolute Gasteiger partial charge is 0.349 e. The van der Waals surface area contributed by atoms with Gasteiger partial charge in [0.25, 0.3) is 0 Å². The van der Waals surface area contributed by atoms with Crippen LogP contribution in [0.3, 0.4) is 0 Å². The highest BCUT2D eigenvalue weighted by Crippen LogP contribution is 2.31. The van der Waals surface area contributed by atoms with Crippen LogP contribution >= 0.6 is 0 Å². The lowest BCUT2D eigenvalue weighted by Crippen LogP contribution is -2.46. The molecule has 0 atom stereocenters. The van der Waals surface area contributed by atoms with Crippen molar-refractivity contribution in [2.24, 2.45) is 0 Å². The van der Waals surface area contributed by atoms with E-state index in [0.717, 1.165) is 0 Å². The summed E-state index contributed by atoms with van der Waals surface area (Å²) in [5, 5.41) is 8.00. The van der Waals surface area contributed by atoms with Crippen molar-refractivity contribution >= 4 is 17.1 Å². The van der Waals surface area contributed by atoms with Crippen LogP contribution in [0.25, 0.3) is 11.0 Å². The van der Waals surface area contributed by atoms with Gasteiger partial charge in [0, 0.05) is 12.1 Å². The van der Waals surface area contributed by atoms with E-state index < -0.39 is 0 Å². The van der Waals surface area contributed by atoms with Crippen LogP contribution in [0.2, 0.25) is 0 Å². The zero-order valence-corrected chi connectivity index (χ0v) is 13.0. The molecule has 1 aliphatic heterocycles. The van der Waals surface area contributed by atoms with Gasteiger partial charge in [-0.15, -0.1) is 5.10 Å². The van der Waals surface area contributed by atoms with Crippen LogP contribution in [0.15, 0.2) is 12.1 Å². The van der Waals surface area contributed by atoms with E-state index in [1.807, 2.05) is 13.8 Å². The summed E-state index contributed by atoms with van der Waals surface area (Å²) in [4.78, 5) is 14.3. The Morgan fingerprint density at radius 2 is 1.95 bits per heavy atom. The van der Waals surface area contributed by atoms with Crippen LogP contribution in [-0.2, 0) is 4.74 Å². The Kier molecular flexibility index (Phi) is 3.40. The zero-order chi connectivity index (χ0) is 15.9. The molecule has 22 heavy (non-hydrogen) atoms. The summed E-state index contributed by atoms with van der Waals surface area (Å²) in [5.41, 5.74) is 0.737. The standard InChI is InChI=1S/C14H18N4O4/c1-14(2)7-22-8-17(14)13(19)18-10-6-12(21-4)11(20-3)5-9(10)15-16-18/h5-6H,7-8H2,1-4H3.